The molecule has 1 heterocycles. The van der Waals surface area contributed by atoms with Crippen molar-refractivity contribution in [2.24, 2.45) is 0 Å². The summed E-state index contributed by atoms with van der Waals surface area (Å²) in [4.78, 5) is 0. The van der Waals surface area contributed by atoms with Crippen molar-refractivity contribution in [1.29, 1.82) is 0 Å². The molecule has 3 aromatic rings. The minimum absolute atomic E-state index is 1.08. The first-order valence-corrected chi connectivity index (χ1v) is 8.91. The molecule has 0 bridgehead atoms. The van der Waals surface area contributed by atoms with Crippen LogP contribution in [0.15, 0.2) is 91.0 Å². The Hall–Kier alpha value is -2.32. The van der Waals surface area contributed by atoms with Crippen LogP contribution in [-0.4, -0.2) is 19.6 Å². The zero-order valence-electron chi connectivity index (χ0n) is 14.0. The van der Waals surface area contributed by atoms with Crippen molar-refractivity contribution >= 4 is 22.7 Å². The van der Waals surface area contributed by atoms with Crippen LogP contribution >= 0.6 is 0 Å². The molecule has 0 saturated carbocycles. The number of hydrogen-bond acceptors (Lipinski definition) is 0. The maximum absolute atomic E-state index is 3.72. The smallest absolute Gasteiger partial charge is 0.376 e. The Morgan fingerprint density at radius 1 is 0.500 bits per heavy atom. The lowest BCUT2D eigenvalue weighted by Gasteiger charge is -2.47. The molecule has 0 radical (unpaired) electrons. The largest absolute Gasteiger partial charge is 0.660 e. The third-order valence-corrected chi connectivity index (χ3v) is 5.37. The van der Waals surface area contributed by atoms with Gasteiger partial charge in [0.15, 0.2) is 0 Å². The standard InChI is InChI=1S/C22H23BO/c1-4-12-20(13-5-1)23(24-18-10-11-19-24,21-14-6-2-7-15-21)22-16-8-3-9-17-22/h1-9,12-17H,10-11,18-19H2. The van der Waals surface area contributed by atoms with Gasteiger partial charge in [-0.2, -0.15) is 0 Å². The van der Waals surface area contributed by atoms with E-state index in [1.54, 1.807) is 0 Å². The monoisotopic (exact) mass is 314 g/mol. The number of benzene rings is 3. The highest BCUT2D eigenvalue weighted by atomic mass is 16.7. The lowest BCUT2D eigenvalue weighted by atomic mass is 9.28. The van der Waals surface area contributed by atoms with Crippen LogP contribution in [0.25, 0.3) is 0 Å². The number of rotatable bonds is 4. The summed E-state index contributed by atoms with van der Waals surface area (Å²) in [5, 5.41) is 0. The van der Waals surface area contributed by atoms with E-state index in [9.17, 15) is 0 Å². The Morgan fingerprint density at radius 3 is 1.17 bits per heavy atom. The normalized spacial score (nSPS) is 15.5. The Labute approximate surface area is 144 Å². The second-order valence-electron chi connectivity index (χ2n) is 6.67. The molecule has 1 saturated heterocycles. The van der Waals surface area contributed by atoms with Crippen LogP contribution in [0.5, 0.6) is 0 Å². The van der Waals surface area contributed by atoms with Crippen LogP contribution in [0.2, 0.25) is 0 Å². The summed E-state index contributed by atoms with van der Waals surface area (Å²) in [7, 11) is 0. The first-order chi connectivity index (χ1) is 11.9. The highest BCUT2D eigenvalue weighted by Gasteiger charge is 2.45. The molecule has 1 aliphatic heterocycles. The van der Waals surface area contributed by atoms with E-state index in [2.05, 4.69) is 95.3 Å². The van der Waals surface area contributed by atoms with Crippen LogP contribution in [0.3, 0.4) is 0 Å². The van der Waals surface area contributed by atoms with Crippen molar-refractivity contribution in [2.45, 2.75) is 12.8 Å². The molecule has 120 valence electrons. The molecule has 4 rings (SSSR count). The Kier molecular flexibility index (Phi) is 4.23. The zero-order valence-corrected chi connectivity index (χ0v) is 14.0. The minimum Gasteiger partial charge on any atom is -0.660 e. The van der Waals surface area contributed by atoms with Crippen LogP contribution in [0.4, 0.5) is 0 Å². The van der Waals surface area contributed by atoms with Gasteiger partial charge in [0, 0.05) is 12.8 Å². The molecule has 0 aliphatic carbocycles. The maximum Gasteiger partial charge on any atom is 0.376 e. The van der Waals surface area contributed by atoms with Gasteiger partial charge in [-0.15, -0.1) is 16.4 Å². The quantitative estimate of drug-likeness (QED) is 0.514. The molecule has 24 heavy (non-hydrogen) atoms. The zero-order chi connectivity index (χ0) is 16.2. The first-order valence-electron chi connectivity index (χ1n) is 8.91. The first kappa shape index (κ1) is 15.2. The molecular weight excluding hydrogens is 291 g/mol. The van der Waals surface area contributed by atoms with E-state index >= 15 is 0 Å². The van der Waals surface area contributed by atoms with Gasteiger partial charge in [0.05, 0.1) is 13.2 Å². The van der Waals surface area contributed by atoms with Crippen LogP contribution in [0, 0.1) is 0 Å². The van der Waals surface area contributed by atoms with Crippen molar-refractivity contribution in [2.75, 3.05) is 13.2 Å². The molecule has 0 N–H and O–H groups in total. The third-order valence-electron chi connectivity index (χ3n) is 5.37. The van der Waals surface area contributed by atoms with E-state index < -0.39 is 6.35 Å². The van der Waals surface area contributed by atoms with E-state index in [0.29, 0.717) is 0 Å². The lowest BCUT2D eigenvalue weighted by molar-refractivity contribution is 0.0511. The van der Waals surface area contributed by atoms with E-state index in [-0.39, 0.29) is 0 Å². The average Bonchev–Trinajstić information content (AvgIpc) is 3.20. The van der Waals surface area contributed by atoms with Crippen molar-refractivity contribution in [3.05, 3.63) is 91.0 Å². The van der Waals surface area contributed by atoms with Crippen molar-refractivity contribution < 1.29 is 4.28 Å². The van der Waals surface area contributed by atoms with Gasteiger partial charge in [-0.05, 0) is 0 Å². The van der Waals surface area contributed by atoms with E-state index in [0.717, 1.165) is 13.2 Å². The molecule has 1 aliphatic rings. The van der Waals surface area contributed by atoms with Crippen LogP contribution in [0.1, 0.15) is 12.8 Å². The summed E-state index contributed by atoms with van der Waals surface area (Å²) in [6.07, 6.45) is 1.33. The second kappa shape index (κ2) is 6.66. The molecule has 1 nitrogen and oxygen atoms in total. The highest BCUT2D eigenvalue weighted by molar-refractivity contribution is 7.07. The Bertz CT molecular complexity index is 668. The lowest BCUT2D eigenvalue weighted by Crippen LogP contribution is -2.73. The molecule has 0 unspecified atom stereocenters. The summed E-state index contributed by atoms with van der Waals surface area (Å²) >= 11 is 0. The van der Waals surface area contributed by atoms with Crippen LogP contribution in [-0.2, 0) is 4.28 Å². The topological polar surface area (TPSA) is 2.70 Å². The van der Waals surface area contributed by atoms with Gasteiger partial charge in [0.1, 0.15) is 0 Å². The van der Waals surface area contributed by atoms with Gasteiger partial charge in [-0.1, -0.05) is 91.0 Å². The summed E-state index contributed by atoms with van der Waals surface area (Å²) < 4.78 is 3.72. The molecule has 0 aromatic heterocycles. The highest BCUT2D eigenvalue weighted by Crippen LogP contribution is 2.23. The molecule has 0 amide bonds. The predicted octanol–water partition coefficient (Wildman–Crippen LogP) is 3.00. The van der Waals surface area contributed by atoms with E-state index in [4.69, 9.17) is 0 Å². The summed E-state index contributed by atoms with van der Waals surface area (Å²) in [6.45, 7) is 2.16. The second-order valence-corrected chi connectivity index (χ2v) is 6.67. The van der Waals surface area contributed by atoms with Gasteiger partial charge in [-0.3, -0.25) is 0 Å². The van der Waals surface area contributed by atoms with Gasteiger partial charge >= 0.3 is 6.35 Å². The van der Waals surface area contributed by atoms with Crippen molar-refractivity contribution in [3.63, 3.8) is 0 Å². The molecule has 0 atom stereocenters. The fourth-order valence-corrected chi connectivity index (χ4v) is 4.36. The molecule has 3 aromatic carbocycles. The SMILES string of the molecule is c1ccc([B-](c2ccccc2)(c2ccccc2)[O+]2CCCC2)cc1. The molecule has 2 heteroatoms. The third kappa shape index (κ3) is 2.48. The Morgan fingerprint density at radius 2 is 0.833 bits per heavy atom. The molecule has 1 fully saturated rings. The Balaban J connectivity index is 2.03. The molecular formula is C22H23BO. The van der Waals surface area contributed by atoms with Gasteiger partial charge in [0.2, 0.25) is 0 Å². The fourth-order valence-electron chi connectivity index (χ4n) is 4.36. The summed E-state index contributed by atoms with van der Waals surface area (Å²) in [5.41, 5.74) is 4.13. The average molecular weight is 314 g/mol. The van der Waals surface area contributed by atoms with E-state index in [1.807, 2.05) is 0 Å². The summed E-state index contributed by atoms with van der Waals surface area (Å²) in [6, 6.07) is 33.0. The maximum atomic E-state index is 3.72. The van der Waals surface area contributed by atoms with Gasteiger partial charge < -0.3 is 4.28 Å². The van der Waals surface area contributed by atoms with E-state index in [1.165, 1.54) is 29.2 Å². The summed E-state index contributed by atoms with van der Waals surface area (Å²) in [5.74, 6) is 0. The minimum atomic E-state index is -1.17. The number of hydrogen-bond donors (Lipinski definition) is 0. The van der Waals surface area contributed by atoms with Gasteiger partial charge in [-0.25, -0.2) is 0 Å². The molecule has 0 spiro atoms. The van der Waals surface area contributed by atoms with Crippen LogP contribution < -0.4 is 16.4 Å². The van der Waals surface area contributed by atoms with Gasteiger partial charge in [0.25, 0.3) is 0 Å². The van der Waals surface area contributed by atoms with Crippen molar-refractivity contribution in [3.8, 4) is 0 Å². The predicted molar refractivity (Wildman–Crippen MR) is 104 cm³/mol. The fraction of sp³-hybridized carbons (Fsp3) is 0.182. The van der Waals surface area contributed by atoms with Crippen molar-refractivity contribution in [1.82, 2.24) is 0 Å².